The van der Waals surface area contributed by atoms with Gasteiger partial charge in [0.2, 0.25) is 5.91 Å². The molecule has 1 aliphatic rings. The number of benzene rings is 1. The van der Waals surface area contributed by atoms with Crippen molar-refractivity contribution in [3.05, 3.63) is 35.2 Å². The highest BCUT2D eigenvalue weighted by molar-refractivity contribution is 7.14. The van der Waals surface area contributed by atoms with Gasteiger partial charge in [0.15, 0.2) is 5.13 Å². The van der Waals surface area contributed by atoms with E-state index in [9.17, 15) is 4.79 Å². The number of thiazole rings is 1. The van der Waals surface area contributed by atoms with E-state index in [-0.39, 0.29) is 11.8 Å². The molecule has 0 bridgehead atoms. The van der Waals surface area contributed by atoms with E-state index in [1.165, 1.54) is 24.8 Å². The highest BCUT2D eigenvalue weighted by Crippen LogP contribution is 2.30. The van der Waals surface area contributed by atoms with Crippen molar-refractivity contribution >= 4 is 22.4 Å². The maximum atomic E-state index is 12.6. The molecule has 116 valence electrons. The molecule has 0 aliphatic heterocycles. The number of rotatable bonds is 3. The molecular formula is C18H22N2OS. The van der Waals surface area contributed by atoms with E-state index in [0.717, 1.165) is 29.2 Å². The molecule has 1 aliphatic carbocycles. The number of hydrogen-bond acceptors (Lipinski definition) is 3. The van der Waals surface area contributed by atoms with Gasteiger partial charge in [-0.1, -0.05) is 49.1 Å². The first-order valence-corrected chi connectivity index (χ1v) is 8.83. The second-order valence-corrected chi connectivity index (χ2v) is 6.95. The van der Waals surface area contributed by atoms with Crippen LogP contribution in [-0.4, -0.2) is 17.9 Å². The van der Waals surface area contributed by atoms with Gasteiger partial charge in [-0.25, -0.2) is 4.98 Å². The van der Waals surface area contributed by atoms with Gasteiger partial charge in [0.1, 0.15) is 0 Å². The minimum absolute atomic E-state index is 0.186. The number of nitrogens with zero attached hydrogens (tertiary/aromatic N) is 2. The lowest BCUT2D eigenvalue weighted by Crippen LogP contribution is -2.33. The van der Waals surface area contributed by atoms with Crippen LogP contribution in [0.5, 0.6) is 0 Å². The van der Waals surface area contributed by atoms with Gasteiger partial charge in [-0.2, -0.15) is 0 Å². The minimum Gasteiger partial charge on any atom is -0.291 e. The van der Waals surface area contributed by atoms with E-state index in [2.05, 4.69) is 36.2 Å². The second kappa shape index (κ2) is 6.61. The Morgan fingerprint density at radius 3 is 2.55 bits per heavy atom. The summed E-state index contributed by atoms with van der Waals surface area (Å²) in [5, 5.41) is 2.83. The lowest BCUT2D eigenvalue weighted by molar-refractivity contribution is -0.123. The Bertz CT molecular complexity index is 641. The number of aromatic nitrogens is 1. The summed E-state index contributed by atoms with van der Waals surface area (Å²) >= 11 is 1.54. The van der Waals surface area contributed by atoms with Crippen LogP contribution in [-0.2, 0) is 4.79 Å². The molecule has 0 radical (unpaired) electrons. The highest BCUT2D eigenvalue weighted by atomic mass is 32.1. The monoisotopic (exact) mass is 314 g/mol. The zero-order chi connectivity index (χ0) is 15.5. The summed E-state index contributed by atoms with van der Waals surface area (Å²) in [5.41, 5.74) is 3.29. The molecule has 0 spiro atoms. The first-order valence-electron chi connectivity index (χ1n) is 7.95. The van der Waals surface area contributed by atoms with Crippen molar-refractivity contribution < 1.29 is 4.79 Å². The van der Waals surface area contributed by atoms with Crippen LogP contribution >= 0.6 is 11.3 Å². The molecule has 1 amide bonds. The number of hydrogen-bond donors (Lipinski definition) is 0. The largest absolute Gasteiger partial charge is 0.291 e. The molecule has 1 saturated carbocycles. The summed E-state index contributed by atoms with van der Waals surface area (Å²) in [7, 11) is 1.86. The number of carbonyl (C=O) groups is 1. The van der Waals surface area contributed by atoms with Crippen molar-refractivity contribution in [2.24, 2.45) is 5.92 Å². The van der Waals surface area contributed by atoms with E-state index < -0.39 is 0 Å². The number of anilines is 1. The van der Waals surface area contributed by atoms with Crippen LogP contribution in [0.3, 0.4) is 0 Å². The molecule has 1 heterocycles. The quantitative estimate of drug-likeness (QED) is 0.825. The third-order valence-electron chi connectivity index (χ3n) is 4.41. The van der Waals surface area contributed by atoms with Crippen molar-refractivity contribution in [1.82, 2.24) is 4.98 Å². The molecule has 4 heteroatoms. The summed E-state index contributed by atoms with van der Waals surface area (Å²) < 4.78 is 0. The van der Waals surface area contributed by atoms with Crippen LogP contribution in [0.2, 0.25) is 0 Å². The van der Waals surface area contributed by atoms with E-state index in [4.69, 9.17) is 0 Å². The molecule has 22 heavy (non-hydrogen) atoms. The van der Waals surface area contributed by atoms with Crippen molar-refractivity contribution in [3.8, 4) is 11.3 Å². The van der Waals surface area contributed by atoms with Gasteiger partial charge in [-0.3, -0.25) is 9.69 Å². The van der Waals surface area contributed by atoms with Gasteiger partial charge in [0.25, 0.3) is 0 Å². The van der Waals surface area contributed by atoms with Crippen molar-refractivity contribution in [2.45, 2.75) is 39.0 Å². The normalized spacial score (nSPS) is 15.7. The number of aryl methyl sites for hydroxylation is 1. The summed E-state index contributed by atoms with van der Waals surface area (Å²) in [6.45, 7) is 2.08. The Balaban J connectivity index is 1.74. The van der Waals surface area contributed by atoms with Crippen molar-refractivity contribution in [1.29, 1.82) is 0 Å². The molecule has 1 fully saturated rings. The maximum absolute atomic E-state index is 12.6. The van der Waals surface area contributed by atoms with Crippen LogP contribution in [0.15, 0.2) is 29.6 Å². The first-order chi connectivity index (χ1) is 10.6. The summed E-state index contributed by atoms with van der Waals surface area (Å²) in [5.74, 6) is 0.412. The molecule has 2 aromatic rings. The highest BCUT2D eigenvalue weighted by Gasteiger charge is 2.26. The Morgan fingerprint density at radius 2 is 1.86 bits per heavy atom. The standard InChI is InChI=1S/C18H22N2OS/c1-13-8-10-14(11-9-13)16-12-22-18(19-16)20(2)17(21)15-6-4-3-5-7-15/h8-12,15H,3-7H2,1-2H3. The molecule has 0 N–H and O–H groups in total. The number of carbonyl (C=O) groups excluding carboxylic acids is 1. The zero-order valence-electron chi connectivity index (χ0n) is 13.2. The van der Waals surface area contributed by atoms with Gasteiger partial charge < -0.3 is 0 Å². The lowest BCUT2D eigenvalue weighted by atomic mass is 9.88. The van der Waals surface area contributed by atoms with Crippen LogP contribution in [0.1, 0.15) is 37.7 Å². The van der Waals surface area contributed by atoms with E-state index >= 15 is 0 Å². The third kappa shape index (κ3) is 3.22. The summed E-state index contributed by atoms with van der Waals surface area (Å²) in [6.07, 6.45) is 5.68. The second-order valence-electron chi connectivity index (χ2n) is 6.11. The smallest absolute Gasteiger partial charge is 0.231 e. The average molecular weight is 314 g/mol. The number of amides is 1. The third-order valence-corrected chi connectivity index (χ3v) is 5.33. The average Bonchev–Trinajstić information content (AvgIpc) is 3.05. The van der Waals surface area contributed by atoms with Crippen molar-refractivity contribution in [3.63, 3.8) is 0 Å². The van der Waals surface area contributed by atoms with Gasteiger partial charge in [0, 0.05) is 23.9 Å². The van der Waals surface area contributed by atoms with Crippen LogP contribution in [0, 0.1) is 12.8 Å². The lowest BCUT2D eigenvalue weighted by Gasteiger charge is -2.24. The van der Waals surface area contributed by atoms with Gasteiger partial charge >= 0.3 is 0 Å². The zero-order valence-corrected chi connectivity index (χ0v) is 14.0. The van der Waals surface area contributed by atoms with Crippen LogP contribution in [0.4, 0.5) is 5.13 Å². The molecule has 1 aromatic heterocycles. The predicted octanol–water partition coefficient (Wildman–Crippen LogP) is 4.66. The summed E-state index contributed by atoms with van der Waals surface area (Å²) in [6, 6.07) is 8.34. The van der Waals surface area contributed by atoms with E-state index in [1.54, 1.807) is 16.2 Å². The Kier molecular flexibility index (Phi) is 4.57. The van der Waals surface area contributed by atoms with Crippen LogP contribution in [0.25, 0.3) is 11.3 Å². The van der Waals surface area contributed by atoms with Crippen LogP contribution < -0.4 is 4.90 Å². The Labute approximate surface area is 136 Å². The van der Waals surface area contributed by atoms with Gasteiger partial charge in [-0.15, -0.1) is 11.3 Å². The molecule has 0 atom stereocenters. The molecule has 0 saturated heterocycles. The Hall–Kier alpha value is -1.68. The molecule has 0 unspecified atom stereocenters. The molecular weight excluding hydrogens is 292 g/mol. The fraction of sp³-hybridized carbons (Fsp3) is 0.444. The van der Waals surface area contributed by atoms with E-state index in [1.807, 2.05) is 12.4 Å². The van der Waals surface area contributed by atoms with Crippen molar-refractivity contribution in [2.75, 3.05) is 11.9 Å². The van der Waals surface area contributed by atoms with Gasteiger partial charge in [0.05, 0.1) is 5.69 Å². The predicted molar refractivity (Wildman–Crippen MR) is 92.3 cm³/mol. The van der Waals surface area contributed by atoms with E-state index in [0.29, 0.717) is 0 Å². The fourth-order valence-electron chi connectivity index (χ4n) is 2.99. The SMILES string of the molecule is Cc1ccc(-c2csc(N(C)C(=O)C3CCCCC3)n2)cc1. The fourth-order valence-corrected chi connectivity index (χ4v) is 3.80. The molecule has 3 nitrogen and oxygen atoms in total. The molecule has 3 rings (SSSR count). The van der Waals surface area contributed by atoms with Gasteiger partial charge in [-0.05, 0) is 19.8 Å². The topological polar surface area (TPSA) is 33.2 Å². The Morgan fingerprint density at radius 1 is 1.18 bits per heavy atom. The maximum Gasteiger partial charge on any atom is 0.231 e. The summed E-state index contributed by atoms with van der Waals surface area (Å²) in [4.78, 5) is 19.0. The first kappa shape index (κ1) is 15.2. The minimum atomic E-state index is 0.186. The molecule has 1 aromatic carbocycles.